The van der Waals surface area contributed by atoms with Gasteiger partial charge in [-0.2, -0.15) is 0 Å². The second-order valence-corrected chi connectivity index (χ2v) is 9.54. The van der Waals surface area contributed by atoms with E-state index in [-0.39, 0.29) is 30.5 Å². The van der Waals surface area contributed by atoms with Gasteiger partial charge in [0.1, 0.15) is 11.7 Å². The van der Waals surface area contributed by atoms with Gasteiger partial charge in [-0.3, -0.25) is 0 Å². The SMILES string of the molecule is CC(C)(C)OC(=O)N1CCOC(c2ccc(B3OC(C)(C)C(C)(C)O3)cc2)C1. The van der Waals surface area contributed by atoms with E-state index in [0.717, 1.165) is 11.0 Å². The van der Waals surface area contributed by atoms with Crippen LogP contribution in [0.3, 0.4) is 0 Å². The Morgan fingerprint density at radius 3 is 2.21 bits per heavy atom. The molecule has 154 valence electrons. The van der Waals surface area contributed by atoms with Crippen LogP contribution in [0.2, 0.25) is 0 Å². The molecule has 0 N–H and O–H groups in total. The van der Waals surface area contributed by atoms with Crippen LogP contribution in [0.4, 0.5) is 4.79 Å². The van der Waals surface area contributed by atoms with E-state index in [4.69, 9.17) is 18.8 Å². The highest BCUT2D eigenvalue weighted by Crippen LogP contribution is 2.36. The first kappa shape index (κ1) is 21.2. The predicted octanol–water partition coefficient (Wildman–Crippen LogP) is 3.29. The minimum atomic E-state index is -0.505. The molecular formula is C21H32BNO5. The van der Waals surface area contributed by atoms with E-state index in [0.29, 0.717) is 19.7 Å². The van der Waals surface area contributed by atoms with Crippen molar-refractivity contribution in [3.05, 3.63) is 29.8 Å². The summed E-state index contributed by atoms with van der Waals surface area (Å²) >= 11 is 0. The monoisotopic (exact) mass is 389 g/mol. The van der Waals surface area contributed by atoms with Crippen molar-refractivity contribution in [1.29, 1.82) is 0 Å². The summed E-state index contributed by atoms with van der Waals surface area (Å²) in [5.74, 6) is 0. The zero-order valence-corrected chi connectivity index (χ0v) is 18.1. The normalized spacial score (nSPS) is 24.3. The summed E-state index contributed by atoms with van der Waals surface area (Å²) in [5, 5.41) is 0. The highest BCUT2D eigenvalue weighted by atomic mass is 16.7. The molecule has 1 aromatic rings. The summed E-state index contributed by atoms with van der Waals surface area (Å²) in [6, 6.07) is 8.05. The van der Waals surface area contributed by atoms with Crippen LogP contribution in [-0.4, -0.2) is 54.6 Å². The lowest BCUT2D eigenvalue weighted by molar-refractivity contribution is -0.0432. The van der Waals surface area contributed by atoms with E-state index >= 15 is 0 Å². The Kier molecular flexibility index (Phi) is 5.56. The quantitative estimate of drug-likeness (QED) is 0.727. The van der Waals surface area contributed by atoms with Gasteiger partial charge in [0.25, 0.3) is 0 Å². The smallest absolute Gasteiger partial charge is 0.444 e. The van der Waals surface area contributed by atoms with E-state index in [9.17, 15) is 4.79 Å². The topological polar surface area (TPSA) is 57.2 Å². The highest BCUT2D eigenvalue weighted by molar-refractivity contribution is 6.62. The molecule has 0 radical (unpaired) electrons. The molecule has 2 fully saturated rings. The Balaban J connectivity index is 1.66. The third kappa shape index (κ3) is 4.53. The molecule has 2 heterocycles. The van der Waals surface area contributed by atoms with Gasteiger partial charge < -0.3 is 23.7 Å². The van der Waals surface area contributed by atoms with Gasteiger partial charge in [-0.25, -0.2) is 4.79 Å². The number of benzene rings is 1. The molecule has 1 aromatic carbocycles. The standard InChI is InChI=1S/C21H32BNO5/c1-19(2,3)26-18(24)23-12-13-25-17(14-23)15-8-10-16(11-9-15)22-27-20(4,5)21(6,7)28-22/h8-11,17H,12-14H2,1-7H3. The molecule has 1 amide bonds. The number of carbonyl (C=O) groups is 1. The Morgan fingerprint density at radius 2 is 1.68 bits per heavy atom. The Morgan fingerprint density at radius 1 is 1.11 bits per heavy atom. The average molecular weight is 389 g/mol. The van der Waals surface area contributed by atoms with Crippen LogP contribution >= 0.6 is 0 Å². The van der Waals surface area contributed by atoms with Crippen molar-refractivity contribution in [3.8, 4) is 0 Å². The first-order valence-electron chi connectivity index (χ1n) is 9.93. The summed E-state index contributed by atoms with van der Waals surface area (Å²) in [6.45, 7) is 15.3. The average Bonchev–Trinajstić information content (AvgIpc) is 2.81. The minimum absolute atomic E-state index is 0.173. The third-order valence-corrected chi connectivity index (χ3v) is 5.55. The molecule has 28 heavy (non-hydrogen) atoms. The molecule has 0 aliphatic carbocycles. The van der Waals surface area contributed by atoms with Gasteiger partial charge in [0, 0.05) is 6.54 Å². The highest BCUT2D eigenvalue weighted by Gasteiger charge is 2.51. The molecule has 6 nitrogen and oxygen atoms in total. The number of carbonyl (C=O) groups excluding carboxylic acids is 1. The van der Waals surface area contributed by atoms with Crippen molar-refractivity contribution in [1.82, 2.24) is 4.90 Å². The van der Waals surface area contributed by atoms with E-state index in [2.05, 4.69) is 0 Å². The van der Waals surface area contributed by atoms with Crippen LogP contribution in [0.15, 0.2) is 24.3 Å². The molecular weight excluding hydrogens is 357 g/mol. The largest absolute Gasteiger partial charge is 0.494 e. The van der Waals surface area contributed by atoms with E-state index in [1.165, 1.54) is 0 Å². The molecule has 0 bridgehead atoms. The van der Waals surface area contributed by atoms with E-state index in [1.807, 2.05) is 72.7 Å². The minimum Gasteiger partial charge on any atom is -0.444 e. The Hall–Kier alpha value is -1.57. The van der Waals surface area contributed by atoms with Crippen molar-refractivity contribution in [2.24, 2.45) is 0 Å². The fraction of sp³-hybridized carbons (Fsp3) is 0.667. The lowest BCUT2D eigenvalue weighted by atomic mass is 9.78. The fourth-order valence-electron chi connectivity index (χ4n) is 3.19. The first-order valence-corrected chi connectivity index (χ1v) is 9.93. The second kappa shape index (κ2) is 7.36. The maximum atomic E-state index is 12.4. The lowest BCUT2D eigenvalue weighted by Crippen LogP contribution is -2.44. The third-order valence-electron chi connectivity index (χ3n) is 5.55. The number of rotatable bonds is 2. The summed E-state index contributed by atoms with van der Waals surface area (Å²) in [4.78, 5) is 14.1. The summed E-state index contributed by atoms with van der Waals surface area (Å²) in [6.07, 6.45) is -0.469. The van der Waals surface area contributed by atoms with Gasteiger partial charge in [0.2, 0.25) is 0 Å². The molecule has 7 heteroatoms. The summed E-state index contributed by atoms with van der Waals surface area (Å²) in [5.41, 5.74) is 0.763. The molecule has 3 rings (SSSR count). The van der Waals surface area contributed by atoms with Gasteiger partial charge in [0.15, 0.2) is 0 Å². The number of hydrogen-bond acceptors (Lipinski definition) is 5. The number of morpholine rings is 1. The Labute approximate surface area is 168 Å². The van der Waals surface area contributed by atoms with Gasteiger partial charge in [-0.1, -0.05) is 24.3 Å². The van der Waals surface area contributed by atoms with Crippen LogP contribution in [-0.2, 0) is 18.8 Å². The molecule has 0 spiro atoms. The Bertz CT molecular complexity index is 695. The molecule has 2 aliphatic heterocycles. The number of nitrogens with zero attached hydrogens (tertiary/aromatic N) is 1. The summed E-state index contributed by atoms with van der Waals surface area (Å²) in [7, 11) is -0.385. The van der Waals surface area contributed by atoms with Crippen LogP contribution in [0, 0.1) is 0 Å². The van der Waals surface area contributed by atoms with Crippen LogP contribution in [0.1, 0.15) is 60.1 Å². The predicted molar refractivity (Wildman–Crippen MR) is 109 cm³/mol. The maximum Gasteiger partial charge on any atom is 0.494 e. The second-order valence-electron chi connectivity index (χ2n) is 9.54. The van der Waals surface area contributed by atoms with Gasteiger partial charge in [-0.05, 0) is 59.5 Å². The van der Waals surface area contributed by atoms with Crippen molar-refractivity contribution in [2.45, 2.75) is 71.4 Å². The maximum absolute atomic E-state index is 12.4. The van der Waals surface area contributed by atoms with Gasteiger partial charge in [-0.15, -0.1) is 0 Å². The van der Waals surface area contributed by atoms with Crippen LogP contribution in [0.25, 0.3) is 0 Å². The van der Waals surface area contributed by atoms with Crippen LogP contribution < -0.4 is 5.46 Å². The van der Waals surface area contributed by atoms with Crippen molar-refractivity contribution in [2.75, 3.05) is 19.7 Å². The molecule has 2 aliphatic rings. The van der Waals surface area contributed by atoms with Crippen molar-refractivity contribution < 1.29 is 23.6 Å². The molecule has 1 atom stereocenters. The summed E-state index contributed by atoms with van der Waals surface area (Å²) < 4.78 is 23.6. The van der Waals surface area contributed by atoms with Gasteiger partial charge >= 0.3 is 13.2 Å². The molecule has 2 saturated heterocycles. The molecule has 1 unspecified atom stereocenters. The molecule has 0 saturated carbocycles. The lowest BCUT2D eigenvalue weighted by Gasteiger charge is -2.34. The number of amides is 1. The zero-order valence-electron chi connectivity index (χ0n) is 18.1. The molecule has 0 aromatic heterocycles. The number of ether oxygens (including phenoxy) is 2. The van der Waals surface area contributed by atoms with Crippen LogP contribution in [0.5, 0.6) is 0 Å². The fourth-order valence-corrected chi connectivity index (χ4v) is 3.19. The van der Waals surface area contributed by atoms with Gasteiger partial charge in [0.05, 0.1) is 24.4 Å². The first-order chi connectivity index (χ1) is 12.9. The number of hydrogen-bond donors (Lipinski definition) is 0. The van der Waals surface area contributed by atoms with Crippen molar-refractivity contribution >= 4 is 18.7 Å². The van der Waals surface area contributed by atoms with E-state index < -0.39 is 5.60 Å². The van der Waals surface area contributed by atoms with Crippen molar-refractivity contribution in [3.63, 3.8) is 0 Å². The zero-order chi connectivity index (χ0) is 20.7. The van der Waals surface area contributed by atoms with E-state index in [1.54, 1.807) is 4.90 Å².